The van der Waals surface area contributed by atoms with Gasteiger partial charge in [0.2, 0.25) is 0 Å². The molecule has 1 heterocycles. The van der Waals surface area contributed by atoms with Crippen molar-refractivity contribution in [1.82, 2.24) is 0 Å². The third kappa shape index (κ3) is 2.29. The third-order valence-electron chi connectivity index (χ3n) is 3.55. The Hall–Kier alpha value is -2.23. The highest BCUT2D eigenvalue weighted by molar-refractivity contribution is 5.99. The van der Waals surface area contributed by atoms with Crippen LogP contribution in [0.4, 0.5) is 14.5 Å². The molecule has 0 radical (unpaired) electrons. The Morgan fingerprint density at radius 3 is 2.80 bits per heavy atom. The number of carbonyl (C=O) groups excluding carboxylic acids is 1. The summed E-state index contributed by atoms with van der Waals surface area (Å²) in [6, 6.07) is 10.8. The molecule has 0 fully saturated rings. The van der Waals surface area contributed by atoms with E-state index in [0.29, 0.717) is 0 Å². The van der Waals surface area contributed by atoms with Crippen molar-refractivity contribution in [1.29, 1.82) is 0 Å². The summed E-state index contributed by atoms with van der Waals surface area (Å²) in [5.41, 5.74) is 1.99. The van der Waals surface area contributed by atoms with Crippen molar-refractivity contribution in [2.45, 2.75) is 6.42 Å². The topological polar surface area (TPSA) is 20.3 Å². The second kappa shape index (κ2) is 5.04. The van der Waals surface area contributed by atoms with Gasteiger partial charge < -0.3 is 4.90 Å². The van der Waals surface area contributed by atoms with Crippen LogP contribution in [0.3, 0.4) is 0 Å². The lowest BCUT2D eigenvalue weighted by Crippen LogP contribution is -2.28. The minimum atomic E-state index is -0.677. The number of hydrogen-bond donors (Lipinski definition) is 0. The SMILES string of the molecule is O=C(CN1CCc2ccccc21)c1cc(F)ccc1F. The molecular weight excluding hydrogens is 260 g/mol. The average molecular weight is 273 g/mol. The molecule has 0 saturated carbocycles. The highest BCUT2D eigenvalue weighted by Crippen LogP contribution is 2.27. The molecule has 0 N–H and O–H groups in total. The van der Waals surface area contributed by atoms with Crippen molar-refractivity contribution in [3.63, 3.8) is 0 Å². The molecular formula is C16H13F2NO. The summed E-state index contributed by atoms with van der Waals surface area (Å²) in [5.74, 6) is -1.68. The van der Waals surface area contributed by atoms with Crippen molar-refractivity contribution < 1.29 is 13.6 Å². The van der Waals surface area contributed by atoms with Crippen molar-refractivity contribution >= 4 is 11.5 Å². The predicted molar refractivity (Wildman–Crippen MR) is 73.0 cm³/mol. The minimum Gasteiger partial charge on any atom is -0.363 e. The fraction of sp³-hybridized carbons (Fsp3) is 0.188. The number of hydrogen-bond acceptors (Lipinski definition) is 2. The molecule has 1 aliphatic rings. The quantitative estimate of drug-likeness (QED) is 0.800. The van der Waals surface area contributed by atoms with E-state index in [1.165, 1.54) is 5.56 Å². The van der Waals surface area contributed by atoms with Crippen LogP contribution in [0.1, 0.15) is 15.9 Å². The standard InChI is InChI=1S/C16H13F2NO/c17-12-5-6-14(18)13(9-12)16(20)10-19-8-7-11-3-1-2-4-15(11)19/h1-6,9H,7-8,10H2. The maximum absolute atomic E-state index is 13.6. The number of halogens is 2. The van der Waals surface area contributed by atoms with E-state index >= 15 is 0 Å². The number of Topliss-reactive ketones (excluding diaryl/α,β-unsaturated/α-hetero) is 1. The largest absolute Gasteiger partial charge is 0.363 e. The Kier molecular flexibility index (Phi) is 3.22. The van der Waals surface area contributed by atoms with Crippen molar-refractivity contribution in [2.24, 2.45) is 0 Å². The summed E-state index contributed by atoms with van der Waals surface area (Å²) >= 11 is 0. The van der Waals surface area contributed by atoms with Gasteiger partial charge in [-0.15, -0.1) is 0 Å². The van der Waals surface area contributed by atoms with Crippen LogP contribution in [0, 0.1) is 11.6 Å². The number of benzene rings is 2. The Balaban J connectivity index is 1.82. The van der Waals surface area contributed by atoms with Gasteiger partial charge in [0, 0.05) is 12.2 Å². The summed E-state index contributed by atoms with van der Waals surface area (Å²) in [6.45, 7) is 0.791. The average Bonchev–Trinajstić information content (AvgIpc) is 2.85. The fourth-order valence-corrected chi connectivity index (χ4v) is 2.54. The van der Waals surface area contributed by atoms with Gasteiger partial charge in [0.15, 0.2) is 5.78 Å². The van der Waals surface area contributed by atoms with Gasteiger partial charge in [0.05, 0.1) is 12.1 Å². The molecule has 0 atom stereocenters. The predicted octanol–water partition coefficient (Wildman–Crippen LogP) is 3.21. The molecule has 1 aliphatic heterocycles. The van der Waals surface area contributed by atoms with Gasteiger partial charge in [-0.25, -0.2) is 8.78 Å². The summed E-state index contributed by atoms with van der Waals surface area (Å²) in [4.78, 5) is 14.0. The van der Waals surface area contributed by atoms with Crippen LogP contribution in [-0.4, -0.2) is 18.9 Å². The molecule has 20 heavy (non-hydrogen) atoms. The molecule has 2 nitrogen and oxygen atoms in total. The zero-order valence-corrected chi connectivity index (χ0v) is 10.8. The van der Waals surface area contributed by atoms with E-state index < -0.39 is 17.4 Å². The number of rotatable bonds is 3. The number of nitrogens with zero attached hydrogens (tertiary/aromatic N) is 1. The van der Waals surface area contributed by atoms with E-state index in [9.17, 15) is 13.6 Å². The highest BCUT2D eigenvalue weighted by Gasteiger charge is 2.22. The second-order valence-corrected chi connectivity index (χ2v) is 4.85. The molecule has 0 aliphatic carbocycles. The van der Waals surface area contributed by atoms with Gasteiger partial charge in [0.25, 0.3) is 0 Å². The van der Waals surface area contributed by atoms with Crippen molar-refractivity contribution in [3.05, 3.63) is 65.2 Å². The summed E-state index contributed by atoms with van der Waals surface area (Å²) < 4.78 is 26.7. The number of carbonyl (C=O) groups is 1. The zero-order valence-electron chi connectivity index (χ0n) is 10.8. The van der Waals surface area contributed by atoms with E-state index in [0.717, 1.165) is 36.9 Å². The number of para-hydroxylation sites is 1. The lowest BCUT2D eigenvalue weighted by Gasteiger charge is -2.18. The van der Waals surface area contributed by atoms with Gasteiger partial charge in [-0.05, 0) is 36.2 Å². The first-order valence-corrected chi connectivity index (χ1v) is 6.46. The Morgan fingerprint density at radius 1 is 1.15 bits per heavy atom. The number of fused-ring (bicyclic) bond motifs is 1. The summed E-state index contributed by atoms with van der Waals surface area (Å²) in [6.07, 6.45) is 0.870. The summed E-state index contributed by atoms with van der Waals surface area (Å²) in [7, 11) is 0. The van der Waals surface area contributed by atoms with Gasteiger partial charge in [-0.1, -0.05) is 18.2 Å². The van der Waals surface area contributed by atoms with Crippen LogP contribution in [-0.2, 0) is 6.42 Å². The van der Waals surface area contributed by atoms with Crippen LogP contribution < -0.4 is 4.90 Å². The third-order valence-corrected chi connectivity index (χ3v) is 3.55. The molecule has 4 heteroatoms. The Bertz CT molecular complexity index is 669. The second-order valence-electron chi connectivity index (χ2n) is 4.85. The van der Waals surface area contributed by atoms with Crippen LogP contribution >= 0.6 is 0 Å². The smallest absolute Gasteiger partial charge is 0.185 e. The molecule has 0 saturated heterocycles. The van der Waals surface area contributed by atoms with E-state index in [4.69, 9.17) is 0 Å². The van der Waals surface area contributed by atoms with Crippen LogP contribution in [0.2, 0.25) is 0 Å². The monoisotopic (exact) mass is 273 g/mol. The molecule has 3 rings (SSSR count). The van der Waals surface area contributed by atoms with Crippen LogP contribution in [0.15, 0.2) is 42.5 Å². The van der Waals surface area contributed by atoms with Crippen LogP contribution in [0.25, 0.3) is 0 Å². The highest BCUT2D eigenvalue weighted by atomic mass is 19.1. The summed E-state index contributed by atoms with van der Waals surface area (Å²) in [5, 5.41) is 0. The van der Waals surface area contributed by atoms with Crippen LogP contribution in [0.5, 0.6) is 0 Å². The lowest BCUT2D eigenvalue weighted by atomic mass is 10.1. The van der Waals surface area contributed by atoms with E-state index in [1.54, 1.807) is 0 Å². The molecule has 0 unspecified atom stereocenters. The molecule has 0 bridgehead atoms. The van der Waals surface area contributed by atoms with E-state index in [2.05, 4.69) is 0 Å². The van der Waals surface area contributed by atoms with Crippen molar-refractivity contribution in [3.8, 4) is 0 Å². The zero-order chi connectivity index (χ0) is 14.1. The molecule has 0 aromatic heterocycles. The van der Waals surface area contributed by atoms with Gasteiger partial charge in [-0.2, -0.15) is 0 Å². The molecule has 0 amide bonds. The van der Waals surface area contributed by atoms with E-state index in [-0.39, 0.29) is 12.1 Å². The molecule has 2 aromatic rings. The molecule has 2 aromatic carbocycles. The lowest BCUT2D eigenvalue weighted by molar-refractivity contribution is 0.0995. The van der Waals surface area contributed by atoms with Crippen molar-refractivity contribution in [2.75, 3.05) is 18.0 Å². The Labute approximate surface area is 115 Å². The number of anilines is 1. The van der Waals surface area contributed by atoms with Gasteiger partial charge in [-0.3, -0.25) is 4.79 Å². The molecule has 102 valence electrons. The molecule has 0 spiro atoms. The van der Waals surface area contributed by atoms with E-state index in [1.807, 2.05) is 29.2 Å². The first-order chi connectivity index (χ1) is 9.65. The maximum atomic E-state index is 13.6. The first-order valence-electron chi connectivity index (χ1n) is 6.46. The normalized spacial score (nSPS) is 13.4. The Morgan fingerprint density at radius 2 is 1.95 bits per heavy atom. The minimum absolute atomic E-state index is 0.0669. The van der Waals surface area contributed by atoms with Gasteiger partial charge >= 0.3 is 0 Å². The van der Waals surface area contributed by atoms with Gasteiger partial charge in [0.1, 0.15) is 11.6 Å². The fourth-order valence-electron chi connectivity index (χ4n) is 2.54. The number of ketones is 1. The first kappa shape index (κ1) is 12.8. The maximum Gasteiger partial charge on any atom is 0.185 e.